The summed E-state index contributed by atoms with van der Waals surface area (Å²) in [5.74, 6) is 0.886. The predicted molar refractivity (Wildman–Crippen MR) is 79.7 cm³/mol. The number of nitrogens with one attached hydrogen (secondary N) is 2. The average molecular weight is 283 g/mol. The molecule has 2 rings (SSSR count). The van der Waals surface area contributed by atoms with E-state index in [0.29, 0.717) is 18.4 Å². The Morgan fingerprint density at radius 2 is 2.15 bits per heavy atom. The highest BCUT2D eigenvalue weighted by molar-refractivity contribution is 5.76. The van der Waals surface area contributed by atoms with Gasteiger partial charge in [-0.05, 0) is 45.7 Å². The van der Waals surface area contributed by atoms with Gasteiger partial charge in [-0.3, -0.25) is 9.69 Å². The van der Waals surface area contributed by atoms with E-state index < -0.39 is 0 Å². The molecule has 0 saturated carbocycles. The van der Waals surface area contributed by atoms with Gasteiger partial charge in [0.25, 0.3) is 0 Å². The molecule has 1 amide bonds. The van der Waals surface area contributed by atoms with E-state index in [9.17, 15) is 4.79 Å². The van der Waals surface area contributed by atoms with Gasteiger partial charge in [-0.15, -0.1) is 0 Å². The van der Waals surface area contributed by atoms with Crippen LogP contribution in [0.4, 0.5) is 0 Å². The molecule has 2 aliphatic heterocycles. The second-order valence-corrected chi connectivity index (χ2v) is 6.14. The van der Waals surface area contributed by atoms with Crippen LogP contribution in [0.2, 0.25) is 0 Å². The predicted octanol–water partition coefficient (Wildman–Crippen LogP) is 0.602. The number of hydrogen-bond acceptors (Lipinski definition) is 4. The van der Waals surface area contributed by atoms with Gasteiger partial charge < -0.3 is 15.4 Å². The van der Waals surface area contributed by atoms with E-state index in [0.717, 1.165) is 45.8 Å². The highest BCUT2D eigenvalue weighted by Gasteiger charge is 2.23. The number of hydrogen-bond donors (Lipinski definition) is 2. The summed E-state index contributed by atoms with van der Waals surface area (Å²) in [5.41, 5.74) is 0. The molecule has 0 radical (unpaired) electrons. The van der Waals surface area contributed by atoms with Gasteiger partial charge in [0.15, 0.2) is 0 Å². The first-order valence-electron chi connectivity index (χ1n) is 7.98. The number of rotatable bonds is 6. The molecule has 0 aromatic rings. The van der Waals surface area contributed by atoms with Crippen molar-refractivity contribution in [2.24, 2.45) is 5.92 Å². The monoisotopic (exact) mass is 283 g/mol. The highest BCUT2D eigenvalue weighted by Crippen LogP contribution is 2.14. The van der Waals surface area contributed by atoms with Gasteiger partial charge in [-0.1, -0.05) is 0 Å². The molecule has 2 aliphatic rings. The number of carbonyl (C=O) groups excluding carboxylic acids is 1. The Morgan fingerprint density at radius 1 is 1.40 bits per heavy atom. The zero-order valence-electron chi connectivity index (χ0n) is 12.9. The summed E-state index contributed by atoms with van der Waals surface area (Å²) in [6.07, 6.45) is 2.89. The Bertz CT molecular complexity index is 299. The van der Waals surface area contributed by atoms with Gasteiger partial charge in [0, 0.05) is 31.6 Å². The van der Waals surface area contributed by atoms with Crippen molar-refractivity contribution < 1.29 is 9.53 Å². The molecule has 0 aromatic heterocycles. The summed E-state index contributed by atoms with van der Waals surface area (Å²) in [6, 6.07) is 0.568. The van der Waals surface area contributed by atoms with Gasteiger partial charge in [0.2, 0.25) is 5.91 Å². The van der Waals surface area contributed by atoms with Gasteiger partial charge in [-0.2, -0.15) is 0 Å². The van der Waals surface area contributed by atoms with Crippen molar-refractivity contribution in [3.8, 4) is 0 Å². The van der Waals surface area contributed by atoms with Crippen molar-refractivity contribution in [3.05, 3.63) is 0 Å². The largest absolute Gasteiger partial charge is 0.379 e. The van der Waals surface area contributed by atoms with Crippen LogP contribution in [0.25, 0.3) is 0 Å². The SMILES string of the molecule is CC(NC(=O)CCC1CCNC1)C(C)N1CCOCC1. The third-order valence-corrected chi connectivity index (χ3v) is 4.68. The van der Waals surface area contributed by atoms with E-state index in [4.69, 9.17) is 4.74 Å². The fourth-order valence-electron chi connectivity index (χ4n) is 3.04. The molecule has 0 bridgehead atoms. The standard InChI is InChI=1S/C15H29N3O2/c1-12(13(2)18-7-9-20-10-8-18)17-15(19)4-3-14-5-6-16-11-14/h12-14,16H,3-11H2,1-2H3,(H,17,19). The fraction of sp³-hybridized carbons (Fsp3) is 0.933. The van der Waals surface area contributed by atoms with E-state index in [-0.39, 0.29) is 11.9 Å². The first kappa shape index (κ1) is 15.7. The fourth-order valence-corrected chi connectivity index (χ4v) is 3.04. The molecular formula is C15H29N3O2. The molecule has 2 heterocycles. The molecule has 20 heavy (non-hydrogen) atoms. The lowest BCUT2D eigenvalue weighted by atomic mass is 10.0. The average Bonchev–Trinajstić information content (AvgIpc) is 2.98. The number of nitrogens with zero attached hydrogens (tertiary/aromatic N) is 1. The lowest BCUT2D eigenvalue weighted by molar-refractivity contribution is -0.122. The van der Waals surface area contributed by atoms with Crippen LogP contribution in [0.5, 0.6) is 0 Å². The molecule has 3 unspecified atom stereocenters. The minimum atomic E-state index is 0.197. The van der Waals surface area contributed by atoms with Crippen LogP contribution in [0.15, 0.2) is 0 Å². The van der Waals surface area contributed by atoms with Gasteiger partial charge in [0.05, 0.1) is 13.2 Å². The van der Waals surface area contributed by atoms with Crippen LogP contribution in [0, 0.1) is 5.92 Å². The Kier molecular flexibility index (Phi) is 6.26. The van der Waals surface area contributed by atoms with Gasteiger partial charge >= 0.3 is 0 Å². The van der Waals surface area contributed by atoms with Crippen LogP contribution in [0.1, 0.15) is 33.1 Å². The third kappa shape index (κ3) is 4.72. The molecule has 2 N–H and O–H groups in total. The van der Waals surface area contributed by atoms with Crippen LogP contribution in [0.3, 0.4) is 0 Å². The zero-order valence-corrected chi connectivity index (χ0v) is 12.9. The Balaban J connectivity index is 1.66. The Morgan fingerprint density at radius 3 is 2.80 bits per heavy atom. The second-order valence-electron chi connectivity index (χ2n) is 6.14. The van der Waals surface area contributed by atoms with Gasteiger partial charge in [0.1, 0.15) is 0 Å². The maximum atomic E-state index is 12.0. The number of carbonyl (C=O) groups is 1. The molecule has 5 heteroatoms. The van der Waals surface area contributed by atoms with Crippen LogP contribution >= 0.6 is 0 Å². The molecule has 5 nitrogen and oxygen atoms in total. The molecule has 116 valence electrons. The lowest BCUT2D eigenvalue weighted by Crippen LogP contribution is -2.52. The lowest BCUT2D eigenvalue weighted by Gasteiger charge is -2.35. The summed E-state index contributed by atoms with van der Waals surface area (Å²) in [7, 11) is 0. The van der Waals surface area contributed by atoms with E-state index in [1.54, 1.807) is 0 Å². The molecule has 0 aliphatic carbocycles. The van der Waals surface area contributed by atoms with Crippen LogP contribution in [-0.2, 0) is 9.53 Å². The van der Waals surface area contributed by atoms with Crippen LogP contribution in [-0.4, -0.2) is 62.3 Å². The minimum absolute atomic E-state index is 0.197. The maximum absolute atomic E-state index is 12.0. The number of morpholine rings is 1. The van der Waals surface area contributed by atoms with Crippen molar-refractivity contribution in [1.82, 2.24) is 15.5 Å². The summed E-state index contributed by atoms with van der Waals surface area (Å²) < 4.78 is 5.37. The first-order chi connectivity index (χ1) is 9.66. The van der Waals surface area contributed by atoms with E-state index in [1.807, 2.05) is 0 Å². The Hall–Kier alpha value is -0.650. The molecule has 0 spiro atoms. The van der Waals surface area contributed by atoms with Crippen LogP contribution < -0.4 is 10.6 Å². The quantitative estimate of drug-likeness (QED) is 0.749. The van der Waals surface area contributed by atoms with E-state index >= 15 is 0 Å². The molecular weight excluding hydrogens is 254 g/mol. The maximum Gasteiger partial charge on any atom is 0.220 e. The molecule has 0 aromatic carbocycles. The van der Waals surface area contributed by atoms with Crippen molar-refractivity contribution in [2.75, 3.05) is 39.4 Å². The third-order valence-electron chi connectivity index (χ3n) is 4.68. The number of ether oxygens (including phenoxy) is 1. The summed E-state index contributed by atoms with van der Waals surface area (Å²) in [5, 5.41) is 6.51. The topological polar surface area (TPSA) is 53.6 Å². The molecule has 2 saturated heterocycles. The zero-order chi connectivity index (χ0) is 14.4. The molecule has 3 atom stereocenters. The van der Waals surface area contributed by atoms with Crippen molar-refractivity contribution in [3.63, 3.8) is 0 Å². The van der Waals surface area contributed by atoms with E-state index in [1.165, 1.54) is 6.42 Å². The van der Waals surface area contributed by atoms with Crippen molar-refractivity contribution >= 4 is 5.91 Å². The van der Waals surface area contributed by atoms with Gasteiger partial charge in [-0.25, -0.2) is 0 Å². The number of amides is 1. The highest BCUT2D eigenvalue weighted by atomic mass is 16.5. The summed E-state index contributed by atoms with van der Waals surface area (Å²) >= 11 is 0. The first-order valence-corrected chi connectivity index (χ1v) is 7.98. The molecule has 2 fully saturated rings. The van der Waals surface area contributed by atoms with E-state index in [2.05, 4.69) is 29.4 Å². The van der Waals surface area contributed by atoms with Crippen molar-refractivity contribution in [2.45, 2.75) is 45.2 Å². The normalized spacial score (nSPS) is 27.2. The smallest absolute Gasteiger partial charge is 0.220 e. The summed E-state index contributed by atoms with van der Waals surface area (Å²) in [4.78, 5) is 14.4. The summed E-state index contributed by atoms with van der Waals surface area (Å²) in [6.45, 7) is 10.0. The van der Waals surface area contributed by atoms with Crippen molar-refractivity contribution in [1.29, 1.82) is 0 Å². The second kappa shape index (κ2) is 7.96. The Labute approximate surface area is 122 Å². The minimum Gasteiger partial charge on any atom is -0.379 e.